The van der Waals surface area contributed by atoms with Gasteiger partial charge in [-0.05, 0) is 64.2 Å². The number of rotatable bonds is 22. The van der Waals surface area contributed by atoms with Crippen LogP contribution < -0.4 is 10.6 Å². The van der Waals surface area contributed by atoms with E-state index in [0.717, 1.165) is 44.6 Å². The number of carbonyl (C=O) groups is 5. The number of unbranched alkanes of at least 4 members (excludes halogenated alkanes) is 4. The Kier molecular flexibility index (Phi) is 17.0. The largest absolute Gasteiger partial charge is 0.460 e. The Balaban J connectivity index is 1.48. The highest BCUT2D eigenvalue weighted by atomic mass is 19.4. The maximum Gasteiger partial charge on any atom is 0.422 e. The highest BCUT2D eigenvalue weighted by Crippen LogP contribution is 2.58. The van der Waals surface area contributed by atoms with Gasteiger partial charge in [-0.25, -0.2) is 4.79 Å². The number of amides is 2. The Morgan fingerprint density at radius 1 is 1.00 bits per heavy atom. The fraction of sp³-hybridized carbons (Fsp3) is 0.711. The molecule has 1 aromatic carbocycles. The average molecular weight is 912 g/mol. The molecule has 16 nitrogen and oxygen atoms in total. The molecule has 4 N–H and O–H groups in total. The molecule has 4 aliphatic rings. The number of nitrogens with one attached hydrogen (secondary N) is 2. The molecular weight excluding hydrogens is 847 g/mol. The number of benzene rings is 1. The van der Waals surface area contributed by atoms with Gasteiger partial charge in [-0.2, -0.15) is 18.2 Å². The number of fused-ring (bicyclic) bond motifs is 4. The Morgan fingerprint density at radius 3 is 2.27 bits per heavy atom. The molecule has 0 radical (unpaired) electrons. The second-order valence-electron chi connectivity index (χ2n) is 18.2. The predicted octanol–water partition coefficient (Wildman–Crippen LogP) is 4.71. The van der Waals surface area contributed by atoms with Gasteiger partial charge in [0.15, 0.2) is 18.4 Å². The summed E-state index contributed by atoms with van der Waals surface area (Å²) in [5, 5.41) is 27.7. The van der Waals surface area contributed by atoms with E-state index in [-0.39, 0.29) is 25.8 Å². The number of esters is 3. The van der Waals surface area contributed by atoms with Crippen molar-refractivity contribution >= 4 is 35.8 Å². The summed E-state index contributed by atoms with van der Waals surface area (Å²) in [6.45, 7) is 8.04. The third-order valence-corrected chi connectivity index (χ3v) is 11.9. The average Bonchev–Trinajstić information content (AvgIpc) is 3.77. The van der Waals surface area contributed by atoms with E-state index in [1.54, 1.807) is 45.0 Å². The first kappa shape index (κ1) is 50.9. The fourth-order valence-electron chi connectivity index (χ4n) is 8.93. The van der Waals surface area contributed by atoms with Crippen molar-refractivity contribution in [1.29, 1.82) is 0 Å². The summed E-state index contributed by atoms with van der Waals surface area (Å²) >= 11 is 0. The van der Waals surface area contributed by atoms with Gasteiger partial charge in [-0.1, -0.05) is 63.8 Å². The number of halogens is 3. The molecule has 358 valence electrons. The van der Waals surface area contributed by atoms with Crippen LogP contribution >= 0.6 is 0 Å². The lowest BCUT2D eigenvalue weighted by Crippen LogP contribution is -2.71. The number of aliphatic hydroxyl groups is 2. The topological polar surface area (TPSA) is 208 Å². The maximum atomic E-state index is 15.1. The number of hydrogen-bond acceptors (Lipinski definition) is 14. The van der Waals surface area contributed by atoms with Gasteiger partial charge in [-0.15, -0.1) is 0 Å². The number of alkyl halides is 3. The Bertz CT molecular complexity index is 1830. The molecule has 3 aliphatic heterocycles. The van der Waals surface area contributed by atoms with Gasteiger partial charge >= 0.3 is 24.1 Å². The Labute approximate surface area is 371 Å². The van der Waals surface area contributed by atoms with Crippen molar-refractivity contribution in [3.8, 4) is 0 Å². The zero-order valence-electron chi connectivity index (χ0n) is 37.4. The summed E-state index contributed by atoms with van der Waals surface area (Å²) in [7, 11) is 0. The first-order valence-electron chi connectivity index (χ1n) is 22.3. The number of nitrogens with zero attached hydrogens (tertiary/aromatic N) is 1. The van der Waals surface area contributed by atoms with Gasteiger partial charge in [0.25, 0.3) is 0 Å². The molecule has 5 rings (SSSR count). The van der Waals surface area contributed by atoms with E-state index < -0.39 is 115 Å². The van der Waals surface area contributed by atoms with Crippen molar-refractivity contribution in [2.24, 2.45) is 5.41 Å². The maximum absolute atomic E-state index is 15.1. The normalized spacial score (nSPS) is 26.4. The molecular formula is C45H64F3N3O13. The summed E-state index contributed by atoms with van der Waals surface area (Å²) in [4.78, 5) is 74.6. The molecule has 0 spiro atoms. The minimum Gasteiger partial charge on any atom is -0.460 e. The van der Waals surface area contributed by atoms with Gasteiger partial charge in [0.2, 0.25) is 11.8 Å². The van der Waals surface area contributed by atoms with Crippen molar-refractivity contribution in [3.63, 3.8) is 0 Å². The standard InChI is InChI=1S/C45H64F3N3O13/c1-7-9-13-21-43(22-14-10-8-2)62-35-31-23-44(41(58)50-34(27(3)53)39(56)49-30(25-52)18-20-33(55)61-42(4,5)6)37(40(57)60-31)51(64-38(44)36(35)63-43)24-29-16-12-11-15-28(29)17-19-32(54)59-26-45(46,47)48/h11-12,15-17,19,27,30-31,34-38,52-53H,7-10,13-14,18,20-26H2,1-6H3,(H,49,56)(H,50,58)/t27-,30-,31?,34+,35-,36-,37-,38+,44?/m0/s1. The van der Waals surface area contributed by atoms with Crippen LogP contribution in [0.4, 0.5) is 13.2 Å². The monoisotopic (exact) mass is 911 g/mol. The predicted molar refractivity (Wildman–Crippen MR) is 222 cm³/mol. The molecule has 2 unspecified atom stereocenters. The minimum atomic E-state index is -4.72. The van der Waals surface area contributed by atoms with Gasteiger partial charge in [0.05, 0.1) is 25.3 Å². The molecule has 19 heteroatoms. The third-order valence-electron chi connectivity index (χ3n) is 11.9. The molecule has 1 saturated carbocycles. The van der Waals surface area contributed by atoms with E-state index in [9.17, 15) is 42.6 Å². The molecule has 1 aromatic rings. The van der Waals surface area contributed by atoms with Gasteiger partial charge < -0.3 is 44.5 Å². The third kappa shape index (κ3) is 12.4. The zero-order valence-corrected chi connectivity index (χ0v) is 37.4. The molecule has 64 heavy (non-hydrogen) atoms. The summed E-state index contributed by atoms with van der Waals surface area (Å²) in [6.07, 6.45) is -1.97. The van der Waals surface area contributed by atoms with Crippen LogP contribution in [0.15, 0.2) is 30.3 Å². The van der Waals surface area contributed by atoms with Crippen LogP contribution in [0, 0.1) is 5.41 Å². The number of ether oxygens (including phenoxy) is 5. The summed E-state index contributed by atoms with van der Waals surface area (Å²) in [5.74, 6) is -5.36. The van der Waals surface area contributed by atoms with E-state index in [0.29, 0.717) is 24.0 Å². The van der Waals surface area contributed by atoms with Crippen LogP contribution in [0.25, 0.3) is 6.08 Å². The number of hydroxylamine groups is 2. The van der Waals surface area contributed by atoms with E-state index >= 15 is 4.79 Å². The SMILES string of the molecule is CCCCCC1(CCCCC)O[C@@H]2[C@H]3ON(Cc4ccccc4C=CC(=O)OCC(F)(F)F)[C@H]4C(=O)OC(CC34C(=O)N[C@@H](C(=O)N[C@H](CO)CCC(=O)OC(C)(C)C)[C@H](C)O)[C@@H]2O1. The van der Waals surface area contributed by atoms with Crippen molar-refractivity contribution in [2.75, 3.05) is 13.2 Å². The van der Waals surface area contributed by atoms with Gasteiger partial charge in [-0.3, -0.25) is 24.0 Å². The summed E-state index contributed by atoms with van der Waals surface area (Å²) in [5.41, 5.74) is -1.73. The van der Waals surface area contributed by atoms with E-state index in [4.69, 9.17) is 23.8 Å². The highest BCUT2D eigenvalue weighted by Gasteiger charge is 2.76. The van der Waals surface area contributed by atoms with E-state index in [1.165, 1.54) is 18.1 Å². The Morgan fingerprint density at radius 2 is 1.66 bits per heavy atom. The number of carbonyl (C=O) groups excluding carboxylic acids is 5. The molecule has 2 bridgehead atoms. The second-order valence-corrected chi connectivity index (χ2v) is 18.2. The van der Waals surface area contributed by atoms with Crippen LogP contribution in [0.2, 0.25) is 0 Å². The van der Waals surface area contributed by atoms with Crippen LogP contribution in [-0.4, -0.2) is 124 Å². The minimum absolute atomic E-state index is 0.00783. The molecule has 0 aromatic heterocycles. The Hall–Kier alpha value is -4.14. The van der Waals surface area contributed by atoms with E-state index in [1.807, 2.05) is 0 Å². The van der Waals surface area contributed by atoms with E-state index in [2.05, 4.69) is 29.2 Å². The van der Waals surface area contributed by atoms with Crippen LogP contribution in [0.3, 0.4) is 0 Å². The van der Waals surface area contributed by atoms with Gasteiger partial charge in [0, 0.05) is 31.8 Å². The smallest absolute Gasteiger partial charge is 0.422 e. The molecule has 1 aliphatic carbocycles. The quantitative estimate of drug-likeness (QED) is 0.0538. The molecule has 4 fully saturated rings. The van der Waals surface area contributed by atoms with Gasteiger partial charge in [0.1, 0.15) is 41.5 Å². The molecule has 9 atom stereocenters. The van der Waals surface area contributed by atoms with Crippen molar-refractivity contribution in [1.82, 2.24) is 15.7 Å². The number of hydrogen-bond donors (Lipinski definition) is 4. The van der Waals surface area contributed by atoms with Crippen molar-refractivity contribution < 1.29 is 75.9 Å². The lowest BCUT2D eigenvalue weighted by atomic mass is 9.62. The molecule has 2 amide bonds. The molecule has 3 saturated heterocycles. The van der Waals surface area contributed by atoms with Crippen LogP contribution in [0.1, 0.15) is 123 Å². The lowest BCUT2D eigenvalue weighted by Gasteiger charge is -2.49. The first-order chi connectivity index (χ1) is 30.2. The number of aliphatic hydroxyl groups excluding tert-OH is 2. The zero-order chi connectivity index (χ0) is 47.0. The fourth-order valence-corrected chi connectivity index (χ4v) is 8.93. The summed E-state index contributed by atoms with van der Waals surface area (Å²) in [6, 6.07) is 2.54. The highest BCUT2D eigenvalue weighted by molar-refractivity contribution is 5.96. The van der Waals surface area contributed by atoms with Crippen molar-refractivity contribution in [3.05, 3.63) is 41.5 Å². The van der Waals surface area contributed by atoms with Crippen molar-refractivity contribution in [2.45, 2.75) is 185 Å². The lowest BCUT2D eigenvalue weighted by molar-refractivity contribution is -0.224. The van der Waals surface area contributed by atoms with Crippen LogP contribution in [0.5, 0.6) is 0 Å². The first-order valence-corrected chi connectivity index (χ1v) is 22.3. The second kappa shape index (κ2) is 21.4. The molecule has 3 heterocycles. The van der Waals surface area contributed by atoms with Crippen LogP contribution in [-0.2, 0) is 59.0 Å². The summed E-state index contributed by atoms with van der Waals surface area (Å²) < 4.78 is 67.6.